The molecule has 2 aliphatic rings. The summed E-state index contributed by atoms with van der Waals surface area (Å²) in [6, 6.07) is 0. The van der Waals surface area contributed by atoms with Gasteiger partial charge in [-0.2, -0.15) is 0 Å². The lowest BCUT2D eigenvalue weighted by atomic mass is 9.89. The molecule has 3 heterocycles. The lowest BCUT2D eigenvalue weighted by Crippen LogP contribution is -2.49. The van der Waals surface area contributed by atoms with Crippen LogP contribution >= 0.6 is 11.3 Å². The van der Waals surface area contributed by atoms with Gasteiger partial charge in [0.2, 0.25) is 0 Å². The van der Waals surface area contributed by atoms with Gasteiger partial charge in [-0.05, 0) is 33.2 Å². The van der Waals surface area contributed by atoms with Crippen molar-refractivity contribution in [1.82, 2.24) is 9.88 Å². The first-order valence-corrected chi connectivity index (χ1v) is 9.00. The Morgan fingerprint density at radius 2 is 2.50 bits per heavy atom. The number of aromatic nitrogens is 1. The van der Waals surface area contributed by atoms with Crippen molar-refractivity contribution in [2.75, 3.05) is 26.2 Å². The van der Waals surface area contributed by atoms with Crippen molar-refractivity contribution < 1.29 is 14.6 Å². The molecule has 0 saturated carbocycles. The normalized spacial score (nSPS) is 31.0. The first-order valence-electron chi connectivity index (χ1n) is 8.12. The molecule has 0 bridgehead atoms. The van der Waals surface area contributed by atoms with E-state index in [1.165, 1.54) is 0 Å². The van der Waals surface area contributed by atoms with E-state index in [0.717, 1.165) is 49.6 Å². The second-order valence-electron chi connectivity index (χ2n) is 6.68. The molecular weight excluding hydrogens is 300 g/mol. The van der Waals surface area contributed by atoms with Gasteiger partial charge in [0.05, 0.1) is 41.7 Å². The summed E-state index contributed by atoms with van der Waals surface area (Å²) in [7, 11) is 0. The Morgan fingerprint density at radius 1 is 1.64 bits per heavy atom. The van der Waals surface area contributed by atoms with Crippen LogP contribution in [0, 0.1) is 6.92 Å². The highest BCUT2D eigenvalue weighted by atomic mass is 32.1. The number of aliphatic hydroxyl groups is 1. The van der Waals surface area contributed by atoms with Gasteiger partial charge in [-0.3, -0.25) is 4.90 Å². The molecular formula is C16H26N2O3S. The van der Waals surface area contributed by atoms with Gasteiger partial charge in [0.25, 0.3) is 0 Å². The van der Waals surface area contributed by atoms with E-state index in [4.69, 9.17) is 9.47 Å². The van der Waals surface area contributed by atoms with Crippen LogP contribution in [0.15, 0.2) is 5.38 Å². The third-order valence-electron chi connectivity index (χ3n) is 4.45. The number of piperidine rings is 1. The van der Waals surface area contributed by atoms with Crippen LogP contribution in [0.5, 0.6) is 0 Å². The second-order valence-corrected chi connectivity index (χ2v) is 7.74. The minimum Gasteiger partial charge on any atom is -0.392 e. The minimum absolute atomic E-state index is 0.0736. The fourth-order valence-electron chi connectivity index (χ4n) is 3.59. The molecule has 0 aliphatic carbocycles. The highest BCUT2D eigenvalue weighted by molar-refractivity contribution is 7.09. The average molecular weight is 326 g/mol. The Balaban J connectivity index is 1.50. The Kier molecular flexibility index (Phi) is 5.14. The van der Waals surface area contributed by atoms with E-state index in [0.29, 0.717) is 13.2 Å². The number of ether oxygens (including phenoxy) is 2. The molecule has 22 heavy (non-hydrogen) atoms. The van der Waals surface area contributed by atoms with Crippen molar-refractivity contribution in [1.29, 1.82) is 0 Å². The molecule has 6 heteroatoms. The largest absolute Gasteiger partial charge is 0.392 e. The smallest absolute Gasteiger partial charge is 0.0901 e. The quantitative estimate of drug-likeness (QED) is 0.896. The summed E-state index contributed by atoms with van der Waals surface area (Å²) in [4.78, 5) is 6.76. The van der Waals surface area contributed by atoms with E-state index in [1.54, 1.807) is 11.3 Å². The molecule has 5 nitrogen and oxygen atoms in total. The van der Waals surface area contributed by atoms with E-state index < -0.39 is 0 Å². The maximum atomic E-state index is 9.59. The summed E-state index contributed by atoms with van der Waals surface area (Å²) in [5.74, 6) is 0. The Morgan fingerprint density at radius 3 is 3.23 bits per heavy atom. The highest BCUT2D eigenvalue weighted by Crippen LogP contribution is 2.36. The molecule has 3 atom stereocenters. The van der Waals surface area contributed by atoms with Gasteiger partial charge in [0.15, 0.2) is 0 Å². The van der Waals surface area contributed by atoms with Crippen molar-refractivity contribution in [3.8, 4) is 0 Å². The lowest BCUT2D eigenvalue weighted by Gasteiger charge is -2.40. The minimum atomic E-state index is -0.281. The second kappa shape index (κ2) is 6.93. The molecule has 2 fully saturated rings. The van der Waals surface area contributed by atoms with Gasteiger partial charge < -0.3 is 14.6 Å². The first-order chi connectivity index (χ1) is 10.5. The summed E-state index contributed by atoms with van der Waals surface area (Å²) >= 11 is 1.66. The van der Waals surface area contributed by atoms with Crippen LogP contribution in [0.1, 0.15) is 36.9 Å². The van der Waals surface area contributed by atoms with Crippen LogP contribution in [-0.4, -0.2) is 59.0 Å². The average Bonchev–Trinajstić information content (AvgIpc) is 3.03. The van der Waals surface area contributed by atoms with Crippen molar-refractivity contribution in [2.24, 2.45) is 0 Å². The fourth-order valence-corrected chi connectivity index (χ4v) is 4.19. The molecule has 124 valence electrons. The zero-order chi connectivity index (χ0) is 15.6. The topological polar surface area (TPSA) is 54.8 Å². The number of hydrogen-bond acceptors (Lipinski definition) is 6. The SMILES string of the molecule is Cc1nc(CO[C@@H]2CO[C@]3(CCCN(C[C@H](C)O)C3)C2)cs1. The Labute approximate surface area is 136 Å². The van der Waals surface area contributed by atoms with Crippen LogP contribution in [0.2, 0.25) is 0 Å². The first kappa shape index (κ1) is 16.3. The summed E-state index contributed by atoms with van der Waals surface area (Å²) in [6.45, 7) is 7.80. The van der Waals surface area contributed by atoms with Gasteiger partial charge in [-0.25, -0.2) is 4.98 Å². The number of aryl methyl sites for hydroxylation is 1. The number of thiazole rings is 1. The van der Waals surface area contributed by atoms with Crippen molar-refractivity contribution in [3.63, 3.8) is 0 Å². The maximum absolute atomic E-state index is 9.59. The van der Waals surface area contributed by atoms with Gasteiger partial charge in [0, 0.05) is 24.9 Å². The fraction of sp³-hybridized carbons (Fsp3) is 0.812. The molecule has 1 N–H and O–H groups in total. The molecule has 3 rings (SSSR count). The summed E-state index contributed by atoms with van der Waals surface area (Å²) < 4.78 is 12.1. The van der Waals surface area contributed by atoms with Gasteiger partial charge in [-0.1, -0.05) is 0 Å². The van der Waals surface area contributed by atoms with Crippen LogP contribution in [-0.2, 0) is 16.1 Å². The van der Waals surface area contributed by atoms with Crippen molar-refractivity contribution >= 4 is 11.3 Å². The van der Waals surface area contributed by atoms with Crippen molar-refractivity contribution in [2.45, 2.75) is 57.5 Å². The standard InChI is InChI=1S/C16H26N2O3S/c1-12(19)7-18-5-3-4-16(11-18)6-15(9-21-16)20-8-14-10-22-13(2)17-14/h10,12,15,19H,3-9,11H2,1-2H3/t12-,15-,16+/m0/s1. The van der Waals surface area contributed by atoms with Gasteiger partial charge >= 0.3 is 0 Å². The van der Waals surface area contributed by atoms with Crippen molar-refractivity contribution in [3.05, 3.63) is 16.1 Å². The number of nitrogens with zero attached hydrogens (tertiary/aromatic N) is 2. The van der Waals surface area contributed by atoms with E-state index in [-0.39, 0.29) is 17.8 Å². The Hall–Kier alpha value is -0.530. The van der Waals surface area contributed by atoms with Gasteiger partial charge in [0.1, 0.15) is 0 Å². The van der Waals surface area contributed by atoms with E-state index in [2.05, 4.69) is 15.3 Å². The summed E-state index contributed by atoms with van der Waals surface area (Å²) in [6.07, 6.45) is 3.06. The maximum Gasteiger partial charge on any atom is 0.0901 e. The number of likely N-dealkylation sites (tertiary alicyclic amines) is 1. The number of β-amino-alcohol motifs (C(OH)–C–C–N with tert-alkyl or cyclic N) is 1. The Bertz CT molecular complexity index is 493. The van der Waals surface area contributed by atoms with E-state index >= 15 is 0 Å². The molecule has 1 aromatic heterocycles. The molecule has 2 aliphatic heterocycles. The number of hydrogen-bond donors (Lipinski definition) is 1. The van der Waals surface area contributed by atoms with E-state index in [1.807, 2.05) is 13.8 Å². The van der Waals surface area contributed by atoms with Crippen LogP contribution < -0.4 is 0 Å². The lowest BCUT2D eigenvalue weighted by molar-refractivity contribution is -0.0591. The van der Waals surface area contributed by atoms with Crippen LogP contribution in [0.4, 0.5) is 0 Å². The summed E-state index contributed by atoms with van der Waals surface area (Å²) in [5, 5.41) is 12.7. The molecule has 0 radical (unpaired) electrons. The van der Waals surface area contributed by atoms with E-state index in [9.17, 15) is 5.11 Å². The monoisotopic (exact) mass is 326 g/mol. The predicted molar refractivity (Wildman–Crippen MR) is 86.1 cm³/mol. The number of aliphatic hydroxyl groups excluding tert-OH is 1. The van der Waals surface area contributed by atoms with Gasteiger partial charge in [-0.15, -0.1) is 11.3 Å². The molecule has 1 aromatic rings. The molecule has 0 unspecified atom stereocenters. The molecule has 0 aromatic carbocycles. The third kappa shape index (κ3) is 4.06. The molecule has 2 saturated heterocycles. The third-order valence-corrected chi connectivity index (χ3v) is 5.27. The zero-order valence-electron chi connectivity index (χ0n) is 13.5. The predicted octanol–water partition coefficient (Wildman–Crippen LogP) is 1.97. The van der Waals surface area contributed by atoms with Crippen LogP contribution in [0.25, 0.3) is 0 Å². The number of rotatable bonds is 5. The zero-order valence-corrected chi connectivity index (χ0v) is 14.3. The van der Waals surface area contributed by atoms with Crippen LogP contribution in [0.3, 0.4) is 0 Å². The molecule has 0 amide bonds. The molecule has 1 spiro atoms. The summed E-state index contributed by atoms with van der Waals surface area (Å²) in [5.41, 5.74) is 0.943. The highest BCUT2D eigenvalue weighted by Gasteiger charge is 2.43.